The number of methoxy groups -OCH3 is 1. The molecule has 6 heteroatoms. The summed E-state index contributed by atoms with van der Waals surface area (Å²) in [5, 5.41) is 12.7. The van der Waals surface area contributed by atoms with Gasteiger partial charge in [-0.15, -0.1) is 0 Å². The van der Waals surface area contributed by atoms with Crippen LogP contribution in [0, 0.1) is 3.57 Å². The largest absolute Gasteiger partial charge is 0.467 e. The van der Waals surface area contributed by atoms with Crippen molar-refractivity contribution in [2.75, 3.05) is 7.11 Å². The zero-order valence-corrected chi connectivity index (χ0v) is 15.3. The number of amides is 1. The van der Waals surface area contributed by atoms with Crippen LogP contribution in [-0.4, -0.2) is 30.1 Å². The molecule has 0 spiro atoms. The number of hydrogen-bond acceptors (Lipinski definition) is 4. The molecule has 2 atom stereocenters. The fourth-order valence-electron chi connectivity index (χ4n) is 2.23. The van der Waals surface area contributed by atoms with Crippen LogP contribution < -0.4 is 5.32 Å². The summed E-state index contributed by atoms with van der Waals surface area (Å²) >= 11 is 2.19. The first-order chi connectivity index (χ1) is 11.5. The number of carbonyl (C=O) groups excluding carboxylic acids is 2. The SMILES string of the molecule is COC(=O)[C@H](Cc1ccc(I)cc1)NC(=O)[C@@H](O)c1ccccc1. The van der Waals surface area contributed by atoms with Crippen molar-refractivity contribution in [3.05, 3.63) is 69.3 Å². The fourth-order valence-corrected chi connectivity index (χ4v) is 2.59. The van der Waals surface area contributed by atoms with E-state index >= 15 is 0 Å². The highest BCUT2D eigenvalue weighted by molar-refractivity contribution is 14.1. The number of benzene rings is 2. The summed E-state index contributed by atoms with van der Waals surface area (Å²) in [7, 11) is 1.27. The van der Waals surface area contributed by atoms with Crippen LogP contribution in [0.5, 0.6) is 0 Å². The van der Waals surface area contributed by atoms with Gasteiger partial charge in [-0.05, 0) is 45.9 Å². The van der Waals surface area contributed by atoms with E-state index in [1.54, 1.807) is 30.3 Å². The molecular formula is C18H18INO4. The average Bonchev–Trinajstić information content (AvgIpc) is 2.62. The molecule has 0 bridgehead atoms. The van der Waals surface area contributed by atoms with Crippen LogP contribution in [0.2, 0.25) is 0 Å². The third-order valence-electron chi connectivity index (χ3n) is 3.52. The Kier molecular flexibility index (Phi) is 6.74. The minimum absolute atomic E-state index is 0.289. The molecule has 126 valence electrons. The van der Waals surface area contributed by atoms with Gasteiger partial charge >= 0.3 is 5.97 Å². The Morgan fingerprint density at radius 3 is 2.33 bits per heavy atom. The van der Waals surface area contributed by atoms with Gasteiger partial charge in [-0.25, -0.2) is 4.79 Å². The maximum Gasteiger partial charge on any atom is 0.328 e. The molecule has 2 aromatic carbocycles. The molecule has 2 rings (SSSR count). The van der Waals surface area contributed by atoms with E-state index in [0.29, 0.717) is 5.56 Å². The summed E-state index contributed by atoms with van der Waals surface area (Å²) in [5.74, 6) is -1.19. The van der Waals surface area contributed by atoms with Crippen molar-refractivity contribution in [2.45, 2.75) is 18.6 Å². The molecule has 0 unspecified atom stereocenters. The average molecular weight is 439 g/mol. The predicted octanol–water partition coefficient (Wildman–Crippen LogP) is 2.23. The summed E-state index contributed by atoms with van der Waals surface area (Å²) in [5.41, 5.74) is 1.35. The molecule has 0 saturated heterocycles. The molecular weight excluding hydrogens is 421 g/mol. The van der Waals surface area contributed by atoms with Gasteiger partial charge in [0.1, 0.15) is 6.04 Å². The van der Waals surface area contributed by atoms with Crippen LogP contribution in [0.3, 0.4) is 0 Å². The van der Waals surface area contributed by atoms with Crippen LogP contribution in [0.25, 0.3) is 0 Å². The lowest BCUT2D eigenvalue weighted by Crippen LogP contribution is -2.45. The normalized spacial score (nSPS) is 13.0. The highest BCUT2D eigenvalue weighted by Gasteiger charge is 2.26. The lowest BCUT2D eigenvalue weighted by Gasteiger charge is -2.19. The Balaban J connectivity index is 2.09. The maximum atomic E-state index is 12.2. The number of rotatable bonds is 6. The van der Waals surface area contributed by atoms with Crippen LogP contribution >= 0.6 is 22.6 Å². The third kappa shape index (κ3) is 5.04. The number of aliphatic hydroxyl groups is 1. The van der Waals surface area contributed by atoms with Crippen molar-refractivity contribution in [3.63, 3.8) is 0 Å². The molecule has 0 fully saturated rings. The molecule has 2 N–H and O–H groups in total. The van der Waals surface area contributed by atoms with Crippen LogP contribution in [0.15, 0.2) is 54.6 Å². The van der Waals surface area contributed by atoms with Crippen molar-refractivity contribution < 1.29 is 19.4 Å². The van der Waals surface area contributed by atoms with E-state index < -0.39 is 24.0 Å². The second-order valence-corrected chi connectivity index (χ2v) is 6.47. The molecule has 0 aliphatic carbocycles. The minimum atomic E-state index is -1.34. The van der Waals surface area contributed by atoms with E-state index in [4.69, 9.17) is 4.74 Å². The highest BCUT2D eigenvalue weighted by Crippen LogP contribution is 2.14. The maximum absolute atomic E-state index is 12.2. The van der Waals surface area contributed by atoms with Gasteiger partial charge in [-0.1, -0.05) is 42.5 Å². The number of nitrogens with one attached hydrogen (secondary N) is 1. The Morgan fingerprint density at radius 1 is 1.12 bits per heavy atom. The van der Waals surface area contributed by atoms with E-state index in [1.165, 1.54) is 7.11 Å². The second kappa shape index (κ2) is 8.79. The molecule has 0 aliphatic rings. The van der Waals surface area contributed by atoms with E-state index in [9.17, 15) is 14.7 Å². The zero-order valence-electron chi connectivity index (χ0n) is 13.1. The van der Waals surface area contributed by atoms with Crippen molar-refractivity contribution in [2.24, 2.45) is 0 Å². The monoisotopic (exact) mass is 439 g/mol. The lowest BCUT2D eigenvalue weighted by molar-refractivity contribution is -0.146. The molecule has 0 heterocycles. The smallest absolute Gasteiger partial charge is 0.328 e. The van der Waals surface area contributed by atoms with E-state index in [0.717, 1.165) is 9.13 Å². The summed E-state index contributed by atoms with van der Waals surface area (Å²) < 4.78 is 5.84. The van der Waals surface area contributed by atoms with Gasteiger partial charge in [0.2, 0.25) is 0 Å². The molecule has 1 amide bonds. The Hall–Kier alpha value is -1.93. The van der Waals surface area contributed by atoms with Crippen LogP contribution in [-0.2, 0) is 20.7 Å². The first-order valence-corrected chi connectivity index (χ1v) is 8.45. The van der Waals surface area contributed by atoms with Gasteiger partial charge < -0.3 is 15.2 Å². The zero-order chi connectivity index (χ0) is 17.5. The van der Waals surface area contributed by atoms with Gasteiger partial charge in [0.25, 0.3) is 5.91 Å². The number of ether oxygens (including phenoxy) is 1. The lowest BCUT2D eigenvalue weighted by atomic mass is 10.0. The second-order valence-electron chi connectivity index (χ2n) is 5.23. The number of hydrogen-bond donors (Lipinski definition) is 2. The standard InChI is InChI=1S/C18H18INO4/c1-24-18(23)15(11-12-7-9-14(19)10-8-12)20-17(22)16(21)13-5-3-2-4-6-13/h2-10,15-16,21H,11H2,1H3,(H,20,22)/t15-,16-/m0/s1. The molecule has 5 nitrogen and oxygen atoms in total. The highest BCUT2D eigenvalue weighted by atomic mass is 127. The molecule has 0 saturated carbocycles. The predicted molar refractivity (Wildman–Crippen MR) is 98.2 cm³/mol. The Labute approximate surface area is 154 Å². The molecule has 0 aliphatic heterocycles. The molecule has 0 radical (unpaired) electrons. The van der Waals surface area contributed by atoms with E-state index in [-0.39, 0.29) is 6.42 Å². The third-order valence-corrected chi connectivity index (χ3v) is 4.24. The van der Waals surface area contributed by atoms with Crippen molar-refractivity contribution >= 4 is 34.5 Å². The van der Waals surface area contributed by atoms with Gasteiger partial charge in [-0.3, -0.25) is 4.79 Å². The number of halogens is 1. The summed E-state index contributed by atoms with van der Waals surface area (Å²) in [6, 6.07) is 15.3. The fraction of sp³-hybridized carbons (Fsp3) is 0.222. The van der Waals surface area contributed by atoms with E-state index in [1.807, 2.05) is 24.3 Å². The molecule has 2 aromatic rings. The van der Waals surface area contributed by atoms with Crippen molar-refractivity contribution in [1.82, 2.24) is 5.32 Å². The Morgan fingerprint density at radius 2 is 1.75 bits per heavy atom. The summed E-state index contributed by atoms with van der Waals surface area (Å²) in [4.78, 5) is 24.2. The van der Waals surface area contributed by atoms with E-state index in [2.05, 4.69) is 27.9 Å². The van der Waals surface area contributed by atoms with Crippen LogP contribution in [0.4, 0.5) is 0 Å². The van der Waals surface area contributed by atoms with Gasteiger partial charge in [0.05, 0.1) is 7.11 Å². The first-order valence-electron chi connectivity index (χ1n) is 7.37. The van der Waals surface area contributed by atoms with Gasteiger partial charge in [-0.2, -0.15) is 0 Å². The number of aliphatic hydroxyl groups excluding tert-OH is 1. The minimum Gasteiger partial charge on any atom is -0.467 e. The Bertz CT molecular complexity index is 688. The molecule has 24 heavy (non-hydrogen) atoms. The number of carbonyl (C=O) groups is 2. The number of esters is 1. The van der Waals surface area contributed by atoms with Crippen molar-refractivity contribution in [3.8, 4) is 0 Å². The molecule has 0 aromatic heterocycles. The summed E-state index contributed by atoms with van der Waals surface area (Å²) in [6.07, 6.45) is -1.05. The topological polar surface area (TPSA) is 75.6 Å². The summed E-state index contributed by atoms with van der Waals surface area (Å²) in [6.45, 7) is 0. The quantitative estimate of drug-likeness (QED) is 0.535. The van der Waals surface area contributed by atoms with Crippen molar-refractivity contribution in [1.29, 1.82) is 0 Å². The van der Waals surface area contributed by atoms with Gasteiger partial charge in [0, 0.05) is 9.99 Å². The van der Waals surface area contributed by atoms with Crippen LogP contribution in [0.1, 0.15) is 17.2 Å². The van der Waals surface area contributed by atoms with Gasteiger partial charge in [0.15, 0.2) is 6.10 Å². The first kappa shape index (κ1) is 18.4.